The lowest BCUT2D eigenvalue weighted by Crippen LogP contribution is -2.33. The summed E-state index contributed by atoms with van der Waals surface area (Å²) in [5.41, 5.74) is 1.26. The molecule has 8 nitrogen and oxygen atoms in total. The zero-order chi connectivity index (χ0) is 17.8. The molecule has 0 bridgehead atoms. The van der Waals surface area contributed by atoms with Gasteiger partial charge < -0.3 is 9.88 Å². The van der Waals surface area contributed by atoms with E-state index in [1.165, 1.54) is 11.1 Å². The van der Waals surface area contributed by atoms with Crippen molar-refractivity contribution in [3.63, 3.8) is 0 Å². The summed E-state index contributed by atoms with van der Waals surface area (Å²) in [5.74, 6) is 0.0167. The summed E-state index contributed by atoms with van der Waals surface area (Å²) in [6.07, 6.45) is 8.86. The number of hydrogen-bond acceptors (Lipinski definition) is 5. The smallest absolute Gasteiger partial charge is 0.264 e. The molecule has 3 heterocycles. The van der Waals surface area contributed by atoms with Crippen LogP contribution in [-0.4, -0.2) is 49.1 Å². The van der Waals surface area contributed by atoms with Gasteiger partial charge in [-0.1, -0.05) is 0 Å². The van der Waals surface area contributed by atoms with Gasteiger partial charge >= 0.3 is 0 Å². The van der Waals surface area contributed by atoms with Gasteiger partial charge in [-0.2, -0.15) is 5.10 Å². The van der Waals surface area contributed by atoms with Crippen molar-refractivity contribution in [3.8, 4) is 11.4 Å². The number of carbonyl (C=O) groups is 1. The molecule has 0 saturated carbocycles. The van der Waals surface area contributed by atoms with Crippen LogP contribution in [0.2, 0.25) is 0 Å². The maximum absolute atomic E-state index is 12.5. The van der Waals surface area contributed by atoms with E-state index >= 15 is 0 Å². The van der Waals surface area contributed by atoms with Crippen LogP contribution in [0.1, 0.15) is 15.9 Å². The average molecular weight is 338 g/mol. The number of pyridine rings is 1. The van der Waals surface area contributed by atoms with Gasteiger partial charge in [0, 0.05) is 51.0 Å². The van der Waals surface area contributed by atoms with E-state index in [1.54, 1.807) is 42.5 Å². The predicted molar refractivity (Wildman–Crippen MR) is 92.0 cm³/mol. The van der Waals surface area contributed by atoms with E-state index in [4.69, 9.17) is 0 Å². The van der Waals surface area contributed by atoms with Crippen LogP contribution in [0, 0.1) is 0 Å². The normalized spacial score (nSPS) is 10.6. The molecular formula is C17H18N6O2. The molecule has 0 aliphatic carbocycles. The number of carbonyl (C=O) groups excluding carboxylic acids is 1. The van der Waals surface area contributed by atoms with E-state index < -0.39 is 5.56 Å². The Morgan fingerprint density at radius 3 is 2.80 bits per heavy atom. The largest absolute Gasteiger partial charge is 0.341 e. The molecule has 0 spiro atoms. The minimum atomic E-state index is -0.466. The van der Waals surface area contributed by atoms with Gasteiger partial charge in [0.2, 0.25) is 0 Å². The van der Waals surface area contributed by atoms with Gasteiger partial charge in [0.25, 0.3) is 11.5 Å². The number of aromatic amines is 1. The Bertz CT molecular complexity index is 932. The van der Waals surface area contributed by atoms with Crippen LogP contribution in [0.5, 0.6) is 0 Å². The third-order valence-corrected chi connectivity index (χ3v) is 3.81. The Balaban J connectivity index is 1.72. The van der Waals surface area contributed by atoms with Gasteiger partial charge in [-0.3, -0.25) is 19.3 Å². The highest BCUT2D eigenvalue weighted by atomic mass is 16.2. The molecule has 0 fully saturated rings. The number of aromatic nitrogens is 5. The van der Waals surface area contributed by atoms with E-state index in [-0.39, 0.29) is 11.5 Å². The third kappa shape index (κ3) is 3.79. The Hall–Kier alpha value is -3.29. The molecule has 25 heavy (non-hydrogen) atoms. The lowest BCUT2D eigenvalue weighted by atomic mass is 10.2. The van der Waals surface area contributed by atoms with Crippen LogP contribution < -0.4 is 5.56 Å². The molecule has 0 aromatic carbocycles. The first-order valence-corrected chi connectivity index (χ1v) is 7.77. The van der Waals surface area contributed by atoms with Gasteiger partial charge in [0.05, 0.1) is 6.20 Å². The second-order valence-corrected chi connectivity index (χ2v) is 5.72. The highest BCUT2D eigenvalue weighted by Crippen LogP contribution is 2.10. The quantitative estimate of drug-likeness (QED) is 0.745. The number of likely N-dealkylation sites (N-methyl/N-ethyl adjacent to an activating group) is 1. The molecule has 0 atom stereocenters. The lowest BCUT2D eigenvalue weighted by molar-refractivity contribution is 0.0794. The molecule has 3 rings (SSSR count). The predicted octanol–water partition coefficient (Wildman–Crippen LogP) is 0.880. The zero-order valence-corrected chi connectivity index (χ0v) is 14.0. The number of amides is 1. The maximum Gasteiger partial charge on any atom is 0.264 e. The summed E-state index contributed by atoms with van der Waals surface area (Å²) in [4.78, 5) is 37.0. The maximum atomic E-state index is 12.5. The number of H-pyrrole nitrogens is 1. The van der Waals surface area contributed by atoms with Gasteiger partial charge in [-0.15, -0.1) is 0 Å². The van der Waals surface area contributed by atoms with Crippen molar-refractivity contribution >= 4 is 5.91 Å². The summed E-state index contributed by atoms with van der Waals surface area (Å²) in [6, 6.07) is 3.54. The first kappa shape index (κ1) is 16.6. The SMILES string of the molecule is CN(CCc1cnn(C)c1)C(=O)c1cnc(-c2cccnc2)[nH]c1=O. The van der Waals surface area contributed by atoms with E-state index in [1.807, 2.05) is 13.2 Å². The van der Waals surface area contributed by atoms with E-state index in [0.29, 0.717) is 24.4 Å². The Morgan fingerprint density at radius 1 is 1.32 bits per heavy atom. The third-order valence-electron chi connectivity index (χ3n) is 3.81. The van der Waals surface area contributed by atoms with Crippen molar-refractivity contribution in [2.75, 3.05) is 13.6 Å². The minimum absolute atomic E-state index is 0.0151. The van der Waals surface area contributed by atoms with Gasteiger partial charge in [0.1, 0.15) is 11.4 Å². The second-order valence-electron chi connectivity index (χ2n) is 5.72. The molecule has 128 valence electrons. The van der Waals surface area contributed by atoms with Gasteiger partial charge in [-0.25, -0.2) is 4.98 Å². The van der Waals surface area contributed by atoms with Crippen LogP contribution in [0.3, 0.4) is 0 Å². The van der Waals surface area contributed by atoms with Crippen molar-refractivity contribution in [1.29, 1.82) is 0 Å². The van der Waals surface area contributed by atoms with E-state index in [0.717, 1.165) is 5.56 Å². The molecule has 0 saturated heterocycles. The highest BCUT2D eigenvalue weighted by Gasteiger charge is 2.17. The van der Waals surface area contributed by atoms with Crippen molar-refractivity contribution in [2.24, 2.45) is 7.05 Å². The molecular weight excluding hydrogens is 320 g/mol. The summed E-state index contributed by atoms with van der Waals surface area (Å²) in [5, 5.41) is 4.09. The van der Waals surface area contributed by atoms with Crippen LogP contribution >= 0.6 is 0 Å². The molecule has 1 amide bonds. The second kappa shape index (κ2) is 7.08. The molecule has 0 aliphatic rings. The van der Waals surface area contributed by atoms with Gasteiger partial charge in [0.15, 0.2) is 0 Å². The summed E-state index contributed by atoms with van der Waals surface area (Å²) >= 11 is 0. The molecule has 0 unspecified atom stereocenters. The fourth-order valence-electron chi connectivity index (χ4n) is 2.40. The summed E-state index contributed by atoms with van der Waals surface area (Å²) < 4.78 is 1.71. The minimum Gasteiger partial charge on any atom is -0.341 e. The summed E-state index contributed by atoms with van der Waals surface area (Å²) in [7, 11) is 3.50. The number of rotatable bonds is 5. The topological polar surface area (TPSA) is 96.8 Å². The van der Waals surface area contributed by atoms with Crippen LogP contribution in [-0.2, 0) is 13.5 Å². The van der Waals surface area contributed by atoms with Crippen LogP contribution in [0.25, 0.3) is 11.4 Å². The van der Waals surface area contributed by atoms with Gasteiger partial charge in [-0.05, 0) is 24.1 Å². The Kier molecular flexibility index (Phi) is 4.69. The Labute approximate surface area is 144 Å². The zero-order valence-electron chi connectivity index (χ0n) is 14.0. The fraction of sp³-hybridized carbons (Fsp3) is 0.235. The highest BCUT2D eigenvalue weighted by molar-refractivity contribution is 5.93. The average Bonchev–Trinajstić information content (AvgIpc) is 3.05. The molecule has 1 N–H and O–H groups in total. The van der Waals surface area contributed by atoms with Crippen molar-refractivity contribution in [1.82, 2.24) is 29.6 Å². The van der Waals surface area contributed by atoms with Crippen molar-refractivity contribution in [3.05, 3.63) is 64.6 Å². The number of nitrogens with zero attached hydrogens (tertiary/aromatic N) is 5. The van der Waals surface area contributed by atoms with E-state index in [2.05, 4.69) is 20.1 Å². The molecule has 0 aliphatic heterocycles. The monoisotopic (exact) mass is 338 g/mol. The molecule has 3 aromatic heterocycles. The summed E-state index contributed by atoms with van der Waals surface area (Å²) in [6.45, 7) is 0.480. The van der Waals surface area contributed by atoms with Crippen LogP contribution in [0.15, 0.2) is 47.9 Å². The first-order valence-electron chi connectivity index (χ1n) is 7.77. The molecule has 8 heteroatoms. The first-order chi connectivity index (χ1) is 12.0. The number of aryl methyl sites for hydroxylation is 1. The molecule has 3 aromatic rings. The fourth-order valence-corrected chi connectivity index (χ4v) is 2.40. The number of nitrogens with one attached hydrogen (secondary N) is 1. The standard InChI is InChI=1S/C17H18N6O2/c1-22(7-5-12-8-20-23(2)11-12)17(25)14-10-19-15(21-16(14)24)13-4-3-6-18-9-13/h3-4,6,8-11H,5,7H2,1-2H3,(H,19,21,24). The van der Waals surface area contributed by atoms with Crippen LogP contribution in [0.4, 0.5) is 0 Å². The van der Waals surface area contributed by atoms with Crippen molar-refractivity contribution < 1.29 is 4.79 Å². The lowest BCUT2D eigenvalue weighted by Gasteiger charge is -2.16. The molecule has 0 radical (unpaired) electrons. The Morgan fingerprint density at radius 2 is 2.16 bits per heavy atom. The number of hydrogen-bond donors (Lipinski definition) is 1. The van der Waals surface area contributed by atoms with E-state index in [9.17, 15) is 9.59 Å². The van der Waals surface area contributed by atoms with Crippen molar-refractivity contribution in [2.45, 2.75) is 6.42 Å².